The first-order valence-electron chi connectivity index (χ1n) is 5.17. The van der Waals surface area contributed by atoms with Gasteiger partial charge in [-0.3, -0.25) is 0 Å². The highest BCUT2D eigenvalue weighted by Crippen LogP contribution is 2.31. The van der Waals surface area contributed by atoms with Gasteiger partial charge in [0.2, 0.25) is 0 Å². The predicted octanol–water partition coefficient (Wildman–Crippen LogP) is 3.82. The maximum absolute atomic E-state index is 12.5. The van der Waals surface area contributed by atoms with E-state index in [0.717, 1.165) is 12.1 Å². The Kier molecular flexibility index (Phi) is 4.46. The van der Waals surface area contributed by atoms with Crippen molar-refractivity contribution in [1.82, 2.24) is 0 Å². The first kappa shape index (κ1) is 16.1. The summed E-state index contributed by atoms with van der Waals surface area (Å²) in [7, 11) is 0. The minimum atomic E-state index is -4.86. The highest BCUT2D eigenvalue weighted by molar-refractivity contribution is 5.81. The lowest BCUT2D eigenvalue weighted by atomic mass is 10.0. The van der Waals surface area contributed by atoms with E-state index in [4.69, 9.17) is 5.11 Å². The van der Waals surface area contributed by atoms with Crippen molar-refractivity contribution in [2.24, 2.45) is 0 Å². The zero-order valence-electron chi connectivity index (χ0n) is 9.72. The average Bonchev–Trinajstić information content (AvgIpc) is 2.25. The smallest absolute Gasteiger partial charge is 0.416 e. The molecule has 110 valence electrons. The van der Waals surface area contributed by atoms with Crippen LogP contribution in [0, 0.1) is 0 Å². The standard InChI is InChI=1S/C12H8F6O2/c13-11(14,15)8-3-1-7(2-4-8)5-9(6-10(19)20)12(16,17)18/h1-4,6H,5H2,(H,19,20)/b9-6+. The normalized spacial score (nSPS) is 13.4. The third kappa shape index (κ3) is 4.60. The van der Waals surface area contributed by atoms with Crippen molar-refractivity contribution in [3.05, 3.63) is 47.0 Å². The van der Waals surface area contributed by atoms with Gasteiger partial charge in [0.15, 0.2) is 0 Å². The Morgan fingerprint density at radius 1 is 1.05 bits per heavy atom. The van der Waals surface area contributed by atoms with Gasteiger partial charge in [-0.25, -0.2) is 4.79 Å². The number of hydrogen-bond donors (Lipinski definition) is 1. The third-order valence-electron chi connectivity index (χ3n) is 2.34. The van der Waals surface area contributed by atoms with Crippen molar-refractivity contribution in [2.75, 3.05) is 0 Å². The molecule has 0 saturated heterocycles. The summed E-state index contributed by atoms with van der Waals surface area (Å²) in [6, 6.07) is 3.04. The molecule has 0 aromatic heterocycles. The van der Waals surface area contributed by atoms with Crippen LogP contribution in [0.4, 0.5) is 26.3 Å². The summed E-state index contributed by atoms with van der Waals surface area (Å²) in [5.41, 5.74) is -2.40. The average molecular weight is 298 g/mol. The molecule has 0 aliphatic heterocycles. The quantitative estimate of drug-likeness (QED) is 0.680. The molecular formula is C12H8F6O2. The summed E-state index contributed by atoms with van der Waals surface area (Å²) in [6.07, 6.45) is -10.3. The van der Waals surface area contributed by atoms with E-state index in [0.29, 0.717) is 12.1 Å². The number of alkyl halides is 6. The van der Waals surface area contributed by atoms with E-state index in [9.17, 15) is 31.1 Å². The zero-order valence-corrected chi connectivity index (χ0v) is 9.72. The van der Waals surface area contributed by atoms with Gasteiger partial charge in [0.05, 0.1) is 5.56 Å². The minimum absolute atomic E-state index is 0.00231. The lowest BCUT2D eigenvalue weighted by molar-refractivity contribution is -0.137. The van der Waals surface area contributed by atoms with E-state index >= 15 is 0 Å². The molecule has 2 nitrogen and oxygen atoms in total. The van der Waals surface area contributed by atoms with Crippen molar-refractivity contribution in [3.8, 4) is 0 Å². The summed E-state index contributed by atoms with van der Waals surface area (Å²) >= 11 is 0. The molecule has 0 fully saturated rings. The molecule has 0 saturated carbocycles. The fraction of sp³-hybridized carbons (Fsp3) is 0.250. The van der Waals surface area contributed by atoms with Crippen LogP contribution < -0.4 is 0 Å². The van der Waals surface area contributed by atoms with E-state index in [1.165, 1.54) is 0 Å². The summed E-state index contributed by atoms with van der Waals surface area (Å²) in [5.74, 6) is -1.77. The van der Waals surface area contributed by atoms with Gasteiger partial charge in [-0.05, 0) is 17.7 Å². The largest absolute Gasteiger partial charge is 0.478 e. The SMILES string of the molecule is O=C(O)/C=C(\Cc1ccc(C(F)(F)F)cc1)C(F)(F)F. The summed E-state index contributed by atoms with van der Waals surface area (Å²) in [6.45, 7) is 0. The van der Waals surface area contributed by atoms with Crippen LogP contribution in [0.2, 0.25) is 0 Å². The molecule has 0 amide bonds. The van der Waals surface area contributed by atoms with Gasteiger partial charge in [0, 0.05) is 18.1 Å². The Bertz CT molecular complexity index is 510. The van der Waals surface area contributed by atoms with Crippen molar-refractivity contribution in [2.45, 2.75) is 18.8 Å². The molecule has 0 atom stereocenters. The highest BCUT2D eigenvalue weighted by atomic mass is 19.4. The van der Waals surface area contributed by atoms with Gasteiger partial charge in [-0.15, -0.1) is 0 Å². The monoisotopic (exact) mass is 298 g/mol. The molecule has 0 aliphatic carbocycles. The van der Waals surface area contributed by atoms with E-state index in [1.807, 2.05) is 0 Å². The Morgan fingerprint density at radius 3 is 1.90 bits per heavy atom. The number of allylic oxidation sites excluding steroid dienone is 1. The molecule has 1 aromatic rings. The number of rotatable bonds is 3. The lowest BCUT2D eigenvalue weighted by Crippen LogP contribution is -2.16. The number of carboxylic acids is 1. The van der Waals surface area contributed by atoms with E-state index in [2.05, 4.69) is 0 Å². The maximum atomic E-state index is 12.5. The van der Waals surface area contributed by atoms with Crippen molar-refractivity contribution < 1.29 is 36.2 Å². The molecule has 0 bridgehead atoms. The van der Waals surface area contributed by atoms with Crippen LogP contribution in [0.1, 0.15) is 11.1 Å². The Morgan fingerprint density at radius 2 is 1.55 bits per heavy atom. The molecule has 0 unspecified atom stereocenters. The summed E-state index contributed by atoms with van der Waals surface area (Å²) in [5, 5.41) is 8.35. The second kappa shape index (κ2) is 5.56. The van der Waals surface area contributed by atoms with Gasteiger partial charge in [0.25, 0.3) is 0 Å². The number of hydrogen-bond acceptors (Lipinski definition) is 1. The van der Waals surface area contributed by atoms with Crippen LogP contribution in [0.5, 0.6) is 0 Å². The van der Waals surface area contributed by atoms with Gasteiger partial charge in [-0.1, -0.05) is 12.1 Å². The Balaban J connectivity index is 2.99. The van der Waals surface area contributed by atoms with Crippen LogP contribution in [0.3, 0.4) is 0 Å². The minimum Gasteiger partial charge on any atom is -0.478 e. The van der Waals surface area contributed by atoms with Crippen LogP contribution in [0.15, 0.2) is 35.9 Å². The number of carboxylic acid groups (broad SMARTS) is 1. The van der Waals surface area contributed by atoms with Gasteiger partial charge in [0.1, 0.15) is 0 Å². The van der Waals surface area contributed by atoms with Crippen LogP contribution in [-0.2, 0) is 17.4 Å². The molecule has 0 radical (unpaired) electrons. The van der Waals surface area contributed by atoms with Crippen molar-refractivity contribution in [3.63, 3.8) is 0 Å². The van der Waals surface area contributed by atoms with Gasteiger partial charge >= 0.3 is 18.3 Å². The van der Waals surface area contributed by atoms with Crippen LogP contribution >= 0.6 is 0 Å². The highest BCUT2D eigenvalue weighted by Gasteiger charge is 2.34. The summed E-state index contributed by atoms with van der Waals surface area (Å²) < 4.78 is 74.4. The number of halogens is 6. The molecule has 1 aromatic carbocycles. The van der Waals surface area contributed by atoms with Gasteiger partial charge in [-0.2, -0.15) is 26.3 Å². The van der Waals surface area contributed by atoms with Crippen LogP contribution in [0.25, 0.3) is 0 Å². The number of benzene rings is 1. The first-order chi connectivity index (χ1) is 9.00. The molecule has 0 spiro atoms. The van der Waals surface area contributed by atoms with Crippen molar-refractivity contribution in [1.29, 1.82) is 0 Å². The first-order valence-corrected chi connectivity index (χ1v) is 5.17. The molecule has 0 heterocycles. The zero-order chi connectivity index (χ0) is 15.6. The molecule has 1 rings (SSSR count). The van der Waals surface area contributed by atoms with E-state index in [-0.39, 0.29) is 11.6 Å². The fourth-order valence-electron chi connectivity index (χ4n) is 1.41. The topological polar surface area (TPSA) is 37.3 Å². The second-order valence-corrected chi connectivity index (χ2v) is 3.88. The predicted molar refractivity (Wildman–Crippen MR) is 56.9 cm³/mol. The van der Waals surface area contributed by atoms with Crippen molar-refractivity contribution >= 4 is 5.97 Å². The van der Waals surface area contributed by atoms with E-state index in [1.54, 1.807) is 0 Å². The molecule has 1 N–H and O–H groups in total. The molecule has 20 heavy (non-hydrogen) atoms. The third-order valence-corrected chi connectivity index (χ3v) is 2.34. The van der Waals surface area contributed by atoms with Gasteiger partial charge < -0.3 is 5.11 Å². The maximum Gasteiger partial charge on any atom is 0.416 e. The fourth-order valence-corrected chi connectivity index (χ4v) is 1.41. The molecule has 0 aliphatic rings. The lowest BCUT2D eigenvalue weighted by Gasteiger charge is -2.12. The Hall–Kier alpha value is -1.99. The Labute approximate surface area is 109 Å². The van der Waals surface area contributed by atoms with Crippen LogP contribution in [-0.4, -0.2) is 17.3 Å². The second-order valence-electron chi connectivity index (χ2n) is 3.88. The molecular weight excluding hydrogens is 290 g/mol. The van der Waals surface area contributed by atoms with E-state index < -0.39 is 35.9 Å². The number of aliphatic carboxylic acids is 1. The summed E-state index contributed by atoms with van der Waals surface area (Å²) in [4.78, 5) is 10.3. The number of carbonyl (C=O) groups is 1. The molecule has 8 heteroatoms.